The van der Waals surface area contributed by atoms with Crippen molar-refractivity contribution in [2.75, 3.05) is 11.9 Å². The molecule has 5 heteroatoms. The van der Waals surface area contributed by atoms with E-state index in [1.165, 1.54) is 25.7 Å². The van der Waals surface area contributed by atoms with Crippen LogP contribution in [-0.4, -0.2) is 21.7 Å². The molecule has 0 saturated heterocycles. The highest BCUT2D eigenvalue weighted by atomic mass is 32.1. The largest absolute Gasteiger partial charge is 0.389 e. The molecule has 3 N–H and O–H groups in total. The number of rotatable bonds is 4. The molecule has 4 nitrogen and oxygen atoms in total. The Kier molecular flexibility index (Phi) is 4.91. The Morgan fingerprint density at radius 1 is 1.25 bits per heavy atom. The second-order valence-corrected chi connectivity index (χ2v) is 6.44. The number of nitrogens with zero attached hydrogens (tertiary/aromatic N) is 2. The van der Waals surface area contributed by atoms with Gasteiger partial charge in [-0.05, 0) is 44.1 Å². The molecular weight excluding hydrogens is 268 g/mol. The molecular formula is C15H24N4S. The van der Waals surface area contributed by atoms with Crippen molar-refractivity contribution in [3.05, 3.63) is 16.8 Å². The maximum absolute atomic E-state index is 5.83. The van der Waals surface area contributed by atoms with Gasteiger partial charge in [-0.1, -0.05) is 32.0 Å². The van der Waals surface area contributed by atoms with Crippen molar-refractivity contribution in [1.29, 1.82) is 0 Å². The lowest BCUT2D eigenvalue weighted by Gasteiger charge is -2.26. The molecule has 20 heavy (non-hydrogen) atoms. The van der Waals surface area contributed by atoms with Crippen LogP contribution in [0.5, 0.6) is 0 Å². The summed E-state index contributed by atoms with van der Waals surface area (Å²) < 4.78 is 0. The predicted octanol–water partition coefficient (Wildman–Crippen LogP) is 2.97. The number of aryl methyl sites for hydroxylation is 1. The van der Waals surface area contributed by atoms with Crippen LogP contribution in [0.25, 0.3) is 0 Å². The highest BCUT2D eigenvalue weighted by molar-refractivity contribution is 7.80. The summed E-state index contributed by atoms with van der Waals surface area (Å²) in [5, 5.41) is 11.8. The first-order valence-corrected chi connectivity index (χ1v) is 7.77. The van der Waals surface area contributed by atoms with Gasteiger partial charge in [0.1, 0.15) is 4.99 Å². The monoisotopic (exact) mass is 292 g/mol. The molecule has 2 rings (SSSR count). The van der Waals surface area contributed by atoms with Gasteiger partial charge in [-0.15, -0.1) is 5.10 Å². The number of hydrogen-bond acceptors (Lipinski definition) is 4. The zero-order valence-corrected chi connectivity index (χ0v) is 13.4. The molecule has 1 heterocycles. The van der Waals surface area contributed by atoms with Crippen molar-refractivity contribution in [2.24, 2.45) is 17.6 Å². The Bertz CT molecular complexity index is 493. The molecule has 0 aliphatic heterocycles. The van der Waals surface area contributed by atoms with Crippen LogP contribution in [0.3, 0.4) is 0 Å². The van der Waals surface area contributed by atoms with Gasteiger partial charge in [0.25, 0.3) is 0 Å². The van der Waals surface area contributed by atoms with Crippen LogP contribution in [0.1, 0.15) is 49.4 Å². The highest BCUT2D eigenvalue weighted by Crippen LogP contribution is 2.28. The van der Waals surface area contributed by atoms with Gasteiger partial charge in [0.15, 0.2) is 5.82 Å². The fourth-order valence-corrected chi connectivity index (χ4v) is 3.06. The molecule has 0 spiro atoms. The molecule has 110 valence electrons. The molecule has 1 saturated carbocycles. The summed E-state index contributed by atoms with van der Waals surface area (Å²) in [6.45, 7) is 7.19. The lowest BCUT2D eigenvalue weighted by Crippen LogP contribution is -2.23. The molecule has 0 aromatic carbocycles. The Labute approximate surface area is 126 Å². The molecule has 0 unspecified atom stereocenters. The third-order valence-corrected chi connectivity index (χ3v) is 4.60. The van der Waals surface area contributed by atoms with Crippen molar-refractivity contribution in [2.45, 2.75) is 46.5 Å². The lowest BCUT2D eigenvalue weighted by atomic mass is 9.83. The highest BCUT2D eigenvalue weighted by Gasteiger charge is 2.19. The van der Waals surface area contributed by atoms with Gasteiger partial charge < -0.3 is 11.1 Å². The predicted molar refractivity (Wildman–Crippen MR) is 87.0 cm³/mol. The molecule has 1 fully saturated rings. The fraction of sp³-hybridized carbons (Fsp3) is 0.667. The minimum absolute atomic E-state index is 0.389. The Morgan fingerprint density at radius 2 is 1.90 bits per heavy atom. The van der Waals surface area contributed by atoms with Crippen LogP contribution in [0.4, 0.5) is 5.82 Å². The number of thiocarbonyl (C=S) groups is 1. The van der Waals surface area contributed by atoms with E-state index in [0.717, 1.165) is 35.1 Å². The maximum Gasteiger partial charge on any atom is 0.159 e. The SMILES string of the molecule is Cc1nnc(NCC2CCC(C)CC2)c(C(N)=S)c1C. The fourth-order valence-electron chi connectivity index (χ4n) is 2.81. The second-order valence-electron chi connectivity index (χ2n) is 6.01. The van der Waals surface area contributed by atoms with Gasteiger partial charge in [-0.2, -0.15) is 5.10 Å². The topological polar surface area (TPSA) is 63.8 Å². The van der Waals surface area contributed by atoms with Crippen molar-refractivity contribution in [1.82, 2.24) is 10.2 Å². The molecule has 0 atom stereocenters. The summed E-state index contributed by atoms with van der Waals surface area (Å²) in [5.74, 6) is 2.33. The maximum atomic E-state index is 5.83. The summed E-state index contributed by atoms with van der Waals surface area (Å²) >= 11 is 5.15. The number of nitrogens with one attached hydrogen (secondary N) is 1. The number of anilines is 1. The molecule has 0 radical (unpaired) electrons. The van der Waals surface area contributed by atoms with Crippen LogP contribution >= 0.6 is 12.2 Å². The van der Waals surface area contributed by atoms with Gasteiger partial charge in [0.2, 0.25) is 0 Å². The zero-order chi connectivity index (χ0) is 14.7. The number of aromatic nitrogens is 2. The summed E-state index contributed by atoms with van der Waals surface area (Å²) in [5.41, 5.74) is 8.58. The zero-order valence-electron chi connectivity index (χ0n) is 12.6. The minimum atomic E-state index is 0.389. The molecule has 0 amide bonds. The van der Waals surface area contributed by atoms with E-state index in [-0.39, 0.29) is 0 Å². The standard InChI is InChI=1S/C15H24N4S/c1-9-4-6-12(7-5-9)8-17-15-13(14(16)20)10(2)11(3)18-19-15/h9,12H,4-8H2,1-3H3,(H2,16,20)(H,17,19). The van der Waals surface area contributed by atoms with Gasteiger partial charge >= 0.3 is 0 Å². The van der Waals surface area contributed by atoms with Crippen LogP contribution in [0, 0.1) is 25.7 Å². The number of hydrogen-bond donors (Lipinski definition) is 2. The van der Waals surface area contributed by atoms with E-state index in [1.54, 1.807) is 0 Å². The Morgan fingerprint density at radius 3 is 2.50 bits per heavy atom. The van der Waals surface area contributed by atoms with Crippen LogP contribution < -0.4 is 11.1 Å². The van der Waals surface area contributed by atoms with Gasteiger partial charge in [0.05, 0.1) is 11.3 Å². The normalized spacial score (nSPS) is 22.6. The van der Waals surface area contributed by atoms with Crippen molar-refractivity contribution in [3.8, 4) is 0 Å². The minimum Gasteiger partial charge on any atom is -0.389 e. The third-order valence-electron chi connectivity index (χ3n) is 4.39. The van der Waals surface area contributed by atoms with Gasteiger partial charge in [-0.3, -0.25) is 0 Å². The first-order valence-electron chi connectivity index (χ1n) is 7.36. The van der Waals surface area contributed by atoms with E-state index in [1.807, 2.05) is 13.8 Å². The van der Waals surface area contributed by atoms with E-state index in [0.29, 0.717) is 10.9 Å². The third kappa shape index (κ3) is 3.45. The van der Waals surface area contributed by atoms with E-state index >= 15 is 0 Å². The van der Waals surface area contributed by atoms with E-state index in [9.17, 15) is 0 Å². The van der Waals surface area contributed by atoms with Crippen molar-refractivity contribution >= 4 is 23.0 Å². The second kappa shape index (κ2) is 6.48. The molecule has 0 bridgehead atoms. The van der Waals surface area contributed by atoms with E-state index in [2.05, 4.69) is 22.4 Å². The summed E-state index contributed by atoms with van der Waals surface area (Å²) in [6.07, 6.45) is 5.23. The Balaban J connectivity index is 2.06. The summed E-state index contributed by atoms with van der Waals surface area (Å²) in [6, 6.07) is 0. The van der Waals surface area contributed by atoms with Crippen LogP contribution in [-0.2, 0) is 0 Å². The van der Waals surface area contributed by atoms with Crippen molar-refractivity contribution in [3.63, 3.8) is 0 Å². The summed E-state index contributed by atoms with van der Waals surface area (Å²) in [7, 11) is 0. The lowest BCUT2D eigenvalue weighted by molar-refractivity contribution is 0.300. The van der Waals surface area contributed by atoms with Crippen LogP contribution in [0.15, 0.2) is 0 Å². The molecule has 1 aromatic heterocycles. The summed E-state index contributed by atoms with van der Waals surface area (Å²) in [4.78, 5) is 0.389. The van der Waals surface area contributed by atoms with Crippen LogP contribution in [0.2, 0.25) is 0 Å². The first-order chi connectivity index (χ1) is 9.49. The van der Waals surface area contributed by atoms with Gasteiger partial charge in [0, 0.05) is 6.54 Å². The van der Waals surface area contributed by atoms with E-state index < -0.39 is 0 Å². The quantitative estimate of drug-likeness (QED) is 0.835. The number of nitrogens with two attached hydrogens (primary N) is 1. The Hall–Kier alpha value is -1.23. The first kappa shape index (κ1) is 15.2. The molecule has 1 aliphatic carbocycles. The smallest absolute Gasteiger partial charge is 0.159 e. The molecule has 1 aliphatic rings. The average molecular weight is 292 g/mol. The van der Waals surface area contributed by atoms with Crippen molar-refractivity contribution < 1.29 is 0 Å². The average Bonchev–Trinajstić information content (AvgIpc) is 2.41. The van der Waals surface area contributed by atoms with Gasteiger partial charge in [-0.25, -0.2) is 0 Å². The van der Waals surface area contributed by atoms with E-state index in [4.69, 9.17) is 18.0 Å². The molecule has 1 aromatic rings.